The van der Waals surface area contributed by atoms with Crippen LogP contribution in [0.25, 0.3) is 22.4 Å². The smallest absolute Gasteiger partial charge is 0.278 e. The number of hydrogen-bond donors (Lipinski definition) is 1. The van der Waals surface area contributed by atoms with Crippen molar-refractivity contribution in [3.05, 3.63) is 59.1 Å². The molecule has 2 aromatic heterocycles. The van der Waals surface area contributed by atoms with Crippen LogP contribution in [0.2, 0.25) is 5.02 Å². The molecule has 3 heterocycles. The zero-order valence-corrected chi connectivity index (χ0v) is 16.7. The fraction of sp³-hybridized carbons (Fsp3) is 0.238. The number of amides is 1. The number of hydroxylamine groups is 2. The molecule has 0 unspecified atom stereocenters. The van der Waals surface area contributed by atoms with Crippen molar-refractivity contribution >= 4 is 23.3 Å². The Morgan fingerprint density at radius 1 is 1.21 bits per heavy atom. The molecule has 4 rings (SSSR count). The minimum Gasteiger partial charge on any atom is -0.384 e. The van der Waals surface area contributed by atoms with Gasteiger partial charge in [0.25, 0.3) is 5.91 Å². The van der Waals surface area contributed by atoms with Gasteiger partial charge in [-0.2, -0.15) is 0 Å². The molecule has 1 aliphatic heterocycles. The van der Waals surface area contributed by atoms with Gasteiger partial charge < -0.3 is 5.73 Å². The Morgan fingerprint density at radius 3 is 2.69 bits per heavy atom. The van der Waals surface area contributed by atoms with Crippen LogP contribution in [0.3, 0.4) is 0 Å². The van der Waals surface area contributed by atoms with Crippen molar-refractivity contribution in [2.24, 2.45) is 0 Å². The van der Waals surface area contributed by atoms with Crippen LogP contribution in [0.1, 0.15) is 29.4 Å². The van der Waals surface area contributed by atoms with Crippen molar-refractivity contribution in [3.63, 3.8) is 0 Å². The number of benzene rings is 1. The zero-order valence-electron chi connectivity index (χ0n) is 15.9. The number of pyridine rings is 1. The summed E-state index contributed by atoms with van der Waals surface area (Å²) in [6.45, 7) is 3.14. The lowest BCUT2D eigenvalue weighted by Gasteiger charge is -2.16. The predicted molar refractivity (Wildman–Crippen MR) is 111 cm³/mol. The normalized spacial score (nSPS) is 13.7. The minimum absolute atomic E-state index is 0.237. The maximum Gasteiger partial charge on any atom is 0.278 e. The summed E-state index contributed by atoms with van der Waals surface area (Å²) in [6.07, 6.45) is 4.79. The molecule has 7 nitrogen and oxygen atoms in total. The van der Waals surface area contributed by atoms with E-state index in [1.54, 1.807) is 24.4 Å². The van der Waals surface area contributed by atoms with Gasteiger partial charge in [-0.25, -0.2) is 20.0 Å². The van der Waals surface area contributed by atoms with E-state index < -0.39 is 0 Å². The van der Waals surface area contributed by atoms with E-state index >= 15 is 0 Å². The van der Waals surface area contributed by atoms with Crippen LogP contribution >= 0.6 is 11.6 Å². The Balaban J connectivity index is 1.78. The van der Waals surface area contributed by atoms with Crippen LogP contribution in [0.5, 0.6) is 0 Å². The average molecular weight is 410 g/mol. The molecule has 148 valence electrons. The molecule has 1 aromatic carbocycles. The first-order valence-corrected chi connectivity index (χ1v) is 9.76. The molecule has 1 aliphatic rings. The number of rotatable bonds is 4. The minimum atomic E-state index is -0.237. The second-order valence-corrected chi connectivity index (χ2v) is 7.07. The first-order chi connectivity index (χ1) is 14.1. The molecule has 29 heavy (non-hydrogen) atoms. The number of carbonyl (C=O) groups is 1. The quantitative estimate of drug-likeness (QED) is 0.704. The van der Waals surface area contributed by atoms with Gasteiger partial charge in [-0.1, -0.05) is 24.6 Å². The lowest BCUT2D eigenvalue weighted by Crippen LogP contribution is -2.26. The fourth-order valence-electron chi connectivity index (χ4n) is 3.34. The summed E-state index contributed by atoms with van der Waals surface area (Å²) in [4.78, 5) is 31.1. The molecule has 8 heteroatoms. The molecule has 2 N–H and O–H groups in total. The van der Waals surface area contributed by atoms with Crippen LogP contribution in [0.4, 0.5) is 5.82 Å². The van der Waals surface area contributed by atoms with E-state index in [2.05, 4.69) is 15.0 Å². The number of carbonyl (C=O) groups excluding carboxylic acids is 1. The summed E-state index contributed by atoms with van der Waals surface area (Å²) < 4.78 is 0. The van der Waals surface area contributed by atoms with Crippen molar-refractivity contribution in [2.75, 3.05) is 18.9 Å². The number of nitrogen functional groups attached to an aromatic ring is 1. The number of halogens is 1. The predicted octanol–water partition coefficient (Wildman–Crippen LogP) is 3.78. The largest absolute Gasteiger partial charge is 0.384 e. The molecule has 0 saturated carbocycles. The molecule has 1 saturated heterocycles. The van der Waals surface area contributed by atoms with Crippen molar-refractivity contribution in [2.45, 2.75) is 19.8 Å². The maximum atomic E-state index is 12.6. The van der Waals surface area contributed by atoms with Crippen LogP contribution in [0.15, 0.2) is 42.9 Å². The third-order valence-electron chi connectivity index (χ3n) is 4.79. The van der Waals surface area contributed by atoms with E-state index in [1.807, 2.05) is 19.1 Å². The van der Waals surface area contributed by atoms with E-state index in [-0.39, 0.29) is 5.91 Å². The Labute approximate surface area is 173 Å². The summed E-state index contributed by atoms with van der Waals surface area (Å²) in [6, 6.07) is 8.94. The number of anilines is 1. The Morgan fingerprint density at radius 2 is 2.03 bits per heavy atom. The van der Waals surface area contributed by atoms with E-state index in [9.17, 15) is 4.79 Å². The summed E-state index contributed by atoms with van der Waals surface area (Å²) in [5.74, 6) is 0.208. The van der Waals surface area contributed by atoms with Gasteiger partial charge in [0.2, 0.25) is 0 Å². The van der Waals surface area contributed by atoms with Gasteiger partial charge in [-0.3, -0.25) is 9.63 Å². The second kappa shape index (κ2) is 8.14. The van der Waals surface area contributed by atoms with E-state index in [0.717, 1.165) is 40.9 Å². The summed E-state index contributed by atoms with van der Waals surface area (Å²) in [5, 5.41) is 1.70. The van der Waals surface area contributed by atoms with Crippen LogP contribution in [-0.2, 0) is 11.3 Å². The Kier molecular flexibility index (Phi) is 5.42. The summed E-state index contributed by atoms with van der Waals surface area (Å²) in [7, 11) is 0. The van der Waals surface area contributed by atoms with Crippen molar-refractivity contribution in [1.29, 1.82) is 0 Å². The number of nitrogens with two attached hydrogens (primary N) is 1. The molecule has 0 radical (unpaired) electrons. The zero-order chi connectivity index (χ0) is 20.4. The lowest BCUT2D eigenvalue weighted by molar-refractivity contribution is -0.0768. The molecular weight excluding hydrogens is 390 g/mol. The van der Waals surface area contributed by atoms with Gasteiger partial charge in [0.05, 0.1) is 35.1 Å². The highest BCUT2D eigenvalue weighted by Gasteiger charge is 2.24. The molecular formula is C21H20ClN5O2. The summed E-state index contributed by atoms with van der Waals surface area (Å²) >= 11 is 6.47. The molecule has 0 spiro atoms. The van der Waals surface area contributed by atoms with Crippen molar-refractivity contribution < 1.29 is 9.63 Å². The second-order valence-electron chi connectivity index (χ2n) is 6.66. The van der Waals surface area contributed by atoms with Gasteiger partial charge in [-0.05, 0) is 37.1 Å². The van der Waals surface area contributed by atoms with E-state index in [0.29, 0.717) is 29.6 Å². The maximum absolute atomic E-state index is 12.6. The van der Waals surface area contributed by atoms with Gasteiger partial charge >= 0.3 is 0 Å². The highest BCUT2D eigenvalue weighted by molar-refractivity contribution is 6.34. The lowest BCUT2D eigenvalue weighted by atomic mass is 9.97. The first kappa shape index (κ1) is 19.3. The Bertz CT molecular complexity index is 1050. The highest BCUT2D eigenvalue weighted by atomic mass is 35.5. The third kappa shape index (κ3) is 3.79. The molecule has 0 bridgehead atoms. The monoisotopic (exact) mass is 409 g/mol. The topological polar surface area (TPSA) is 94.2 Å². The first-order valence-electron chi connectivity index (χ1n) is 9.39. The fourth-order valence-corrected chi connectivity index (χ4v) is 3.60. The molecule has 1 fully saturated rings. The summed E-state index contributed by atoms with van der Waals surface area (Å²) in [5.41, 5.74) is 10.3. The number of hydrogen-bond acceptors (Lipinski definition) is 6. The van der Waals surface area contributed by atoms with Crippen LogP contribution in [-0.4, -0.2) is 39.1 Å². The standard InChI is InChI=1S/C21H20ClN5O2/c1-2-17-19(14-5-7-18(23)24-11-14)20(26-12-25-17)13-4-6-15(16(22)10-13)21(28)27-8-3-9-29-27/h4-7,10-12H,2-3,8-9H2,1H3,(H2,23,24). The van der Waals surface area contributed by atoms with Crippen molar-refractivity contribution in [1.82, 2.24) is 20.0 Å². The number of aromatic nitrogens is 3. The van der Waals surface area contributed by atoms with E-state index in [1.165, 1.54) is 11.4 Å². The van der Waals surface area contributed by atoms with Gasteiger partial charge in [-0.15, -0.1) is 0 Å². The van der Waals surface area contributed by atoms with Gasteiger partial charge in [0.15, 0.2) is 0 Å². The SMILES string of the molecule is CCc1ncnc(-c2ccc(C(=O)N3CCCO3)c(Cl)c2)c1-c1ccc(N)nc1. The third-order valence-corrected chi connectivity index (χ3v) is 5.10. The molecule has 1 amide bonds. The van der Waals surface area contributed by atoms with Crippen molar-refractivity contribution in [3.8, 4) is 22.4 Å². The van der Waals surface area contributed by atoms with Crippen LogP contribution in [0, 0.1) is 0 Å². The van der Waals surface area contributed by atoms with Gasteiger partial charge in [0.1, 0.15) is 12.1 Å². The molecule has 0 atom stereocenters. The van der Waals surface area contributed by atoms with Crippen LogP contribution < -0.4 is 5.73 Å². The average Bonchev–Trinajstić information content (AvgIpc) is 3.28. The molecule has 3 aromatic rings. The van der Waals surface area contributed by atoms with E-state index in [4.69, 9.17) is 22.2 Å². The highest BCUT2D eigenvalue weighted by Crippen LogP contribution is 2.34. The number of nitrogens with zero attached hydrogens (tertiary/aromatic N) is 4. The molecule has 0 aliphatic carbocycles. The Hall–Kier alpha value is -3.03. The van der Waals surface area contributed by atoms with Gasteiger partial charge in [0, 0.05) is 22.9 Å². The number of aryl methyl sites for hydroxylation is 1.